The fourth-order valence-corrected chi connectivity index (χ4v) is 5.02. The maximum Gasteiger partial charge on any atom is 0.0636 e. The average Bonchev–Trinajstić information content (AvgIpc) is 2.30. The molecule has 2 rings (SSSR count). The molecule has 0 amide bonds. The van der Waals surface area contributed by atoms with E-state index in [-0.39, 0.29) is 11.0 Å². The van der Waals surface area contributed by atoms with Gasteiger partial charge in [-0.2, -0.15) is 11.8 Å². The minimum atomic E-state index is -0.0247. The zero-order valence-corrected chi connectivity index (χ0v) is 14.3. The maximum atomic E-state index is 6.15. The Bertz CT molecular complexity index is 441. The smallest absolute Gasteiger partial charge is 0.0636 e. The van der Waals surface area contributed by atoms with E-state index in [0.717, 1.165) is 15.9 Å². The molecule has 0 bridgehead atoms. The van der Waals surface area contributed by atoms with E-state index in [1.54, 1.807) is 0 Å². The van der Waals surface area contributed by atoms with E-state index in [2.05, 4.69) is 60.2 Å². The van der Waals surface area contributed by atoms with E-state index in [4.69, 9.17) is 5.73 Å². The monoisotopic (exact) mass is 342 g/mol. The average molecular weight is 343 g/mol. The largest absolute Gasteiger partial charge is 0.377 e. The Kier molecular flexibility index (Phi) is 4.53. The molecule has 0 saturated carbocycles. The molecule has 0 aliphatic carbocycles. The van der Waals surface area contributed by atoms with Crippen molar-refractivity contribution < 1.29 is 0 Å². The number of thioether (sulfide) groups is 1. The third-order valence-corrected chi connectivity index (χ3v) is 5.94. The van der Waals surface area contributed by atoms with Crippen molar-refractivity contribution in [3.05, 3.63) is 28.2 Å². The van der Waals surface area contributed by atoms with Gasteiger partial charge in [-0.25, -0.2) is 0 Å². The van der Waals surface area contributed by atoms with Crippen LogP contribution in [0.2, 0.25) is 0 Å². The summed E-state index contributed by atoms with van der Waals surface area (Å²) in [4.78, 5) is 0. The molecular weight excluding hydrogens is 320 g/mol. The summed E-state index contributed by atoms with van der Waals surface area (Å²) in [7, 11) is 0. The van der Waals surface area contributed by atoms with Gasteiger partial charge in [-0.3, -0.25) is 0 Å². The van der Waals surface area contributed by atoms with Crippen molar-refractivity contribution in [3.8, 4) is 0 Å². The number of nitrogens with one attached hydrogen (secondary N) is 1. The Labute approximate surface area is 129 Å². The van der Waals surface area contributed by atoms with Crippen LogP contribution < -0.4 is 11.1 Å². The molecule has 106 valence electrons. The van der Waals surface area contributed by atoms with E-state index in [0.29, 0.717) is 6.54 Å². The predicted octanol–water partition coefficient (Wildman–Crippen LogP) is 4.03. The Morgan fingerprint density at radius 1 is 1.37 bits per heavy atom. The first-order chi connectivity index (χ1) is 8.88. The third kappa shape index (κ3) is 3.11. The van der Waals surface area contributed by atoms with E-state index in [1.165, 1.54) is 17.7 Å². The van der Waals surface area contributed by atoms with Crippen molar-refractivity contribution in [3.63, 3.8) is 0 Å². The minimum absolute atomic E-state index is 0.0247. The van der Waals surface area contributed by atoms with Gasteiger partial charge < -0.3 is 11.1 Å². The number of anilines is 1. The van der Waals surface area contributed by atoms with E-state index in [1.807, 2.05) is 11.8 Å². The highest BCUT2D eigenvalue weighted by Crippen LogP contribution is 2.44. The molecule has 1 unspecified atom stereocenters. The summed E-state index contributed by atoms with van der Waals surface area (Å²) in [5.74, 6) is 2.30. The minimum Gasteiger partial charge on any atom is -0.377 e. The highest BCUT2D eigenvalue weighted by molar-refractivity contribution is 9.10. The highest BCUT2D eigenvalue weighted by atomic mass is 79.9. The molecule has 1 saturated heterocycles. The summed E-state index contributed by atoms with van der Waals surface area (Å²) < 4.78 is 1.11. The van der Waals surface area contributed by atoms with Crippen LogP contribution >= 0.6 is 27.7 Å². The van der Waals surface area contributed by atoms with Crippen LogP contribution in [-0.4, -0.2) is 23.6 Å². The van der Waals surface area contributed by atoms with Crippen molar-refractivity contribution in [2.75, 3.05) is 23.4 Å². The molecule has 4 heteroatoms. The zero-order valence-electron chi connectivity index (χ0n) is 11.9. The van der Waals surface area contributed by atoms with Crippen LogP contribution in [-0.2, 0) is 0 Å². The first-order valence-electron chi connectivity index (χ1n) is 6.72. The lowest BCUT2D eigenvalue weighted by molar-refractivity contribution is 0.203. The van der Waals surface area contributed by atoms with Gasteiger partial charge in [0.15, 0.2) is 0 Å². The fourth-order valence-electron chi connectivity index (χ4n) is 2.68. The molecule has 1 heterocycles. The number of halogens is 1. The van der Waals surface area contributed by atoms with Crippen LogP contribution in [0.4, 0.5) is 5.69 Å². The molecule has 1 aromatic carbocycles. The maximum absolute atomic E-state index is 6.15. The van der Waals surface area contributed by atoms with E-state index in [9.17, 15) is 0 Å². The molecule has 1 aliphatic rings. The molecule has 3 N–H and O–H groups in total. The topological polar surface area (TPSA) is 38.0 Å². The lowest BCUT2D eigenvalue weighted by Crippen LogP contribution is -2.60. The molecule has 0 spiro atoms. The summed E-state index contributed by atoms with van der Waals surface area (Å²) in [5, 5.41) is 3.74. The normalized spacial score (nSPS) is 26.2. The van der Waals surface area contributed by atoms with Crippen molar-refractivity contribution in [2.45, 2.75) is 32.7 Å². The molecule has 1 aromatic rings. The lowest BCUT2D eigenvalue weighted by atomic mass is 9.70. The number of aryl methyl sites for hydroxylation is 1. The van der Waals surface area contributed by atoms with Crippen LogP contribution in [0.3, 0.4) is 0 Å². The summed E-state index contributed by atoms with van der Waals surface area (Å²) in [6.45, 7) is 7.44. The SMILES string of the molecule is Cc1cc(Br)cc(NC2(CN)CSCCC2(C)C)c1. The Hall–Kier alpha value is -0.190. The predicted molar refractivity (Wildman–Crippen MR) is 90.0 cm³/mol. The van der Waals surface area contributed by atoms with Gasteiger partial charge in [0, 0.05) is 22.5 Å². The van der Waals surface area contributed by atoms with Gasteiger partial charge in [-0.1, -0.05) is 29.8 Å². The van der Waals surface area contributed by atoms with Gasteiger partial charge in [-0.05, 0) is 48.3 Å². The van der Waals surface area contributed by atoms with Crippen LogP contribution in [0.25, 0.3) is 0 Å². The van der Waals surface area contributed by atoms with Crippen LogP contribution in [0, 0.1) is 12.3 Å². The quantitative estimate of drug-likeness (QED) is 0.870. The second-order valence-corrected chi connectivity index (χ2v) is 8.14. The second-order valence-electron chi connectivity index (χ2n) is 6.11. The summed E-state index contributed by atoms with van der Waals surface area (Å²) >= 11 is 5.57. The van der Waals surface area contributed by atoms with Gasteiger partial charge >= 0.3 is 0 Å². The van der Waals surface area contributed by atoms with E-state index < -0.39 is 0 Å². The number of hydrogen-bond donors (Lipinski definition) is 2. The second kappa shape index (κ2) is 5.66. The molecule has 1 aliphatic heterocycles. The van der Waals surface area contributed by atoms with Crippen molar-refractivity contribution in [1.82, 2.24) is 0 Å². The molecule has 0 radical (unpaired) electrons. The first-order valence-corrected chi connectivity index (χ1v) is 8.66. The Morgan fingerprint density at radius 3 is 2.68 bits per heavy atom. The van der Waals surface area contributed by atoms with Gasteiger partial charge in [0.05, 0.1) is 5.54 Å². The van der Waals surface area contributed by atoms with Crippen molar-refractivity contribution >= 4 is 33.4 Å². The molecule has 1 atom stereocenters. The molecule has 1 fully saturated rings. The van der Waals surface area contributed by atoms with Crippen LogP contribution in [0.15, 0.2) is 22.7 Å². The lowest BCUT2D eigenvalue weighted by Gasteiger charge is -2.50. The van der Waals surface area contributed by atoms with Gasteiger partial charge in [-0.15, -0.1) is 0 Å². The van der Waals surface area contributed by atoms with Gasteiger partial charge in [0.25, 0.3) is 0 Å². The highest BCUT2D eigenvalue weighted by Gasteiger charge is 2.46. The molecule has 2 nitrogen and oxygen atoms in total. The number of rotatable bonds is 3. The fraction of sp³-hybridized carbons (Fsp3) is 0.600. The third-order valence-electron chi connectivity index (χ3n) is 4.29. The molecular formula is C15H23BrN2S. The molecule has 19 heavy (non-hydrogen) atoms. The van der Waals surface area contributed by atoms with E-state index >= 15 is 0 Å². The Balaban J connectivity index is 2.31. The van der Waals surface area contributed by atoms with Crippen molar-refractivity contribution in [2.24, 2.45) is 11.1 Å². The van der Waals surface area contributed by atoms with Crippen molar-refractivity contribution in [1.29, 1.82) is 0 Å². The number of hydrogen-bond acceptors (Lipinski definition) is 3. The first kappa shape index (κ1) is 15.2. The van der Waals surface area contributed by atoms with Crippen LogP contribution in [0.5, 0.6) is 0 Å². The summed E-state index contributed by atoms with van der Waals surface area (Å²) in [5.41, 5.74) is 8.75. The molecule has 0 aromatic heterocycles. The summed E-state index contributed by atoms with van der Waals surface area (Å²) in [6, 6.07) is 6.46. The Morgan fingerprint density at radius 2 is 2.11 bits per heavy atom. The zero-order chi connectivity index (χ0) is 14.1. The standard InChI is InChI=1S/C15H23BrN2S/c1-11-6-12(16)8-13(7-11)18-15(9-17)10-19-5-4-14(15,2)3/h6-8,18H,4-5,9-10,17H2,1-3H3. The number of nitrogens with two attached hydrogens (primary N) is 1. The van der Waals surface area contributed by atoms with Crippen LogP contribution in [0.1, 0.15) is 25.8 Å². The number of benzene rings is 1. The van der Waals surface area contributed by atoms with Gasteiger partial charge in [0.1, 0.15) is 0 Å². The van der Waals surface area contributed by atoms with Gasteiger partial charge in [0.2, 0.25) is 0 Å². The summed E-state index contributed by atoms with van der Waals surface area (Å²) in [6.07, 6.45) is 1.20.